The second-order valence-electron chi connectivity index (χ2n) is 1.25. The Morgan fingerprint density at radius 2 is 2.00 bits per heavy atom. The molecule has 0 amide bonds. The fourth-order valence-corrected chi connectivity index (χ4v) is 0.983. The molecule has 0 aliphatic carbocycles. The molecule has 0 atom stereocenters. The maximum absolute atomic E-state index is 5.22. The number of unbranched alkanes of at least 4 members (excludes halogenated alkanes) is 1. The van der Waals surface area contributed by atoms with Crippen molar-refractivity contribution in [3.63, 3.8) is 0 Å². The number of nitrogens with two attached hydrogens (primary N) is 1. The summed E-state index contributed by atoms with van der Waals surface area (Å²) in [6.07, 6.45) is 2.54. The standard InChI is InChI=1S/C4H10N.Sn/c1-2-3-4-5;/h1-5H2;. The Morgan fingerprint density at radius 3 is 2.17 bits per heavy atom. The molecule has 0 unspecified atom stereocenters. The third-order valence-electron chi connectivity index (χ3n) is 0.631. The molecule has 0 aromatic rings. The van der Waals surface area contributed by atoms with Gasteiger partial charge in [0.25, 0.3) is 0 Å². The van der Waals surface area contributed by atoms with Gasteiger partial charge in [-0.05, 0) is 0 Å². The molecule has 35 valence electrons. The third-order valence-corrected chi connectivity index (χ3v) is 1.64. The molecule has 6 heavy (non-hydrogen) atoms. The SMILES string of the molecule is NCCC[CH2][Sn]. The van der Waals surface area contributed by atoms with Gasteiger partial charge >= 0.3 is 52.1 Å². The van der Waals surface area contributed by atoms with E-state index in [1.54, 1.807) is 22.5 Å². The van der Waals surface area contributed by atoms with Crippen molar-refractivity contribution in [3.8, 4) is 0 Å². The van der Waals surface area contributed by atoms with Crippen LogP contribution in [0.25, 0.3) is 0 Å². The van der Waals surface area contributed by atoms with Crippen molar-refractivity contribution in [3.05, 3.63) is 0 Å². The molecule has 0 aromatic carbocycles. The van der Waals surface area contributed by atoms with E-state index in [9.17, 15) is 0 Å². The summed E-state index contributed by atoms with van der Waals surface area (Å²) < 4.78 is 1.36. The summed E-state index contributed by atoms with van der Waals surface area (Å²) in [5, 5.41) is 0. The van der Waals surface area contributed by atoms with Gasteiger partial charge in [-0.1, -0.05) is 0 Å². The molecule has 0 aromatic heterocycles. The van der Waals surface area contributed by atoms with Crippen LogP contribution < -0.4 is 5.73 Å². The van der Waals surface area contributed by atoms with Crippen LogP contribution in [0.5, 0.6) is 0 Å². The summed E-state index contributed by atoms with van der Waals surface area (Å²) in [4.78, 5) is 0. The van der Waals surface area contributed by atoms with Crippen LogP contribution in [0.1, 0.15) is 12.8 Å². The van der Waals surface area contributed by atoms with E-state index in [1.165, 1.54) is 17.3 Å². The van der Waals surface area contributed by atoms with Gasteiger partial charge in [-0.3, -0.25) is 0 Å². The molecule has 0 aliphatic rings. The van der Waals surface area contributed by atoms with E-state index in [0.29, 0.717) is 0 Å². The molecule has 0 bridgehead atoms. The average molecular weight is 191 g/mol. The number of hydrogen-bond donors (Lipinski definition) is 1. The molecule has 0 fully saturated rings. The Kier molecular flexibility index (Phi) is 6.49. The first-order valence-electron chi connectivity index (χ1n) is 2.26. The molecule has 0 saturated carbocycles. The Labute approximate surface area is 52.4 Å². The predicted molar refractivity (Wildman–Crippen MR) is 28.8 cm³/mol. The van der Waals surface area contributed by atoms with E-state index in [-0.39, 0.29) is 0 Å². The van der Waals surface area contributed by atoms with Crippen LogP contribution in [-0.4, -0.2) is 29.1 Å². The number of rotatable bonds is 3. The first kappa shape index (κ1) is 6.76. The van der Waals surface area contributed by atoms with Crippen molar-refractivity contribution in [1.82, 2.24) is 0 Å². The van der Waals surface area contributed by atoms with E-state index >= 15 is 0 Å². The molecule has 2 heteroatoms. The normalized spacial score (nSPS) is 9.00. The monoisotopic (exact) mass is 192 g/mol. The van der Waals surface area contributed by atoms with Crippen LogP contribution in [0.2, 0.25) is 4.44 Å². The summed E-state index contributed by atoms with van der Waals surface area (Å²) in [7, 11) is 0. The molecule has 1 nitrogen and oxygen atoms in total. The fourth-order valence-electron chi connectivity index (χ4n) is 0.269. The van der Waals surface area contributed by atoms with Gasteiger partial charge in [0.15, 0.2) is 0 Å². The third kappa shape index (κ3) is 4.76. The second-order valence-corrected chi connectivity index (χ2v) is 2.67. The van der Waals surface area contributed by atoms with Gasteiger partial charge in [0, 0.05) is 0 Å². The predicted octanol–water partition coefficient (Wildman–Crippen LogP) is 0.312. The van der Waals surface area contributed by atoms with Gasteiger partial charge in [0.1, 0.15) is 0 Å². The van der Waals surface area contributed by atoms with Crippen LogP contribution >= 0.6 is 0 Å². The summed E-state index contributed by atoms with van der Waals surface area (Å²) in [5.74, 6) is 0. The quantitative estimate of drug-likeness (QED) is 0.504. The van der Waals surface area contributed by atoms with Crippen molar-refractivity contribution in [2.75, 3.05) is 6.54 Å². The van der Waals surface area contributed by atoms with Crippen molar-refractivity contribution in [2.45, 2.75) is 17.3 Å². The zero-order chi connectivity index (χ0) is 4.83. The summed E-state index contributed by atoms with van der Waals surface area (Å²) in [5.41, 5.74) is 5.22. The zero-order valence-electron chi connectivity index (χ0n) is 3.91. The van der Waals surface area contributed by atoms with Crippen molar-refractivity contribution >= 4 is 22.5 Å². The Hall–Kier alpha value is 0.759. The molecule has 2 N–H and O–H groups in total. The average Bonchev–Trinajstić information content (AvgIpc) is 1.61. The molecular formula is C4H10NSn. The summed E-state index contributed by atoms with van der Waals surface area (Å²) in [6.45, 7) is 0.869. The fraction of sp³-hybridized carbons (Fsp3) is 1.00. The zero-order valence-corrected chi connectivity index (χ0v) is 6.76. The maximum atomic E-state index is 5.22. The molecule has 0 aliphatic heterocycles. The van der Waals surface area contributed by atoms with Crippen LogP contribution in [0.15, 0.2) is 0 Å². The minimum atomic E-state index is 0.869. The van der Waals surface area contributed by atoms with E-state index in [1.807, 2.05) is 0 Å². The van der Waals surface area contributed by atoms with Gasteiger partial charge in [-0.25, -0.2) is 0 Å². The summed E-state index contributed by atoms with van der Waals surface area (Å²) in [6, 6.07) is 0. The van der Waals surface area contributed by atoms with Gasteiger partial charge in [-0.2, -0.15) is 0 Å². The molecule has 0 saturated heterocycles. The van der Waals surface area contributed by atoms with Gasteiger partial charge in [-0.15, -0.1) is 0 Å². The first-order valence-corrected chi connectivity index (χ1v) is 4.28. The van der Waals surface area contributed by atoms with E-state index in [2.05, 4.69) is 0 Å². The van der Waals surface area contributed by atoms with Crippen molar-refractivity contribution in [1.29, 1.82) is 0 Å². The van der Waals surface area contributed by atoms with Crippen molar-refractivity contribution < 1.29 is 0 Å². The van der Waals surface area contributed by atoms with Crippen molar-refractivity contribution in [2.24, 2.45) is 5.73 Å². The van der Waals surface area contributed by atoms with Gasteiger partial charge < -0.3 is 0 Å². The van der Waals surface area contributed by atoms with Gasteiger partial charge in [0.2, 0.25) is 0 Å². The number of hydrogen-bond acceptors (Lipinski definition) is 1. The van der Waals surface area contributed by atoms with E-state index in [0.717, 1.165) is 6.54 Å². The molecule has 0 rings (SSSR count). The van der Waals surface area contributed by atoms with Gasteiger partial charge in [0.05, 0.1) is 0 Å². The van der Waals surface area contributed by atoms with E-state index < -0.39 is 0 Å². The van der Waals surface area contributed by atoms with Crippen LogP contribution in [-0.2, 0) is 0 Å². The van der Waals surface area contributed by atoms with E-state index in [4.69, 9.17) is 5.73 Å². The first-order chi connectivity index (χ1) is 2.91. The summed E-state index contributed by atoms with van der Waals surface area (Å²) >= 11 is 1.64. The molecule has 0 heterocycles. The molecular weight excluding hydrogens is 181 g/mol. The second kappa shape index (κ2) is 5.76. The Bertz CT molecular complexity index is 19.5. The molecule has 3 radical (unpaired) electrons. The molecule has 0 spiro atoms. The Morgan fingerprint density at radius 1 is 1.33 bits per heavy atom. The van der Waals surface area contributed by atoms with Crippen LogP contribution in [0.3, 0.4) is 0 Å². The van der Waals surface area contributed by atoms with Crippen LogP contribution in [0, 0.1) is 0 Å². The van der Waals surface area contributed by atoms with Crippen LogP contribution in [0.4, 0.5) is 0 Å². The Balaban J connectivity index is 2.34. The topological polar surface area (TPSA) is 26.0 Å². The minimum absolute atomic E-state index is 0.869.